The lowest BCUT2D eigenvalue weighted by molar-refractivity contribution is 0.238. The quantitative estimate of drug-likeness (QED) is 0.770. The fourth-order valence-electron chi connectivity index (χ4n) is 2.34. The molecule has 0 fully saturated rings. The van der Waals surface area contributed by atoms with Gasteiger partial charge >= 0.3 is 11.7 Å². The second-order valence-electron chi connectivity index (χ2n) is 5.44. The predicted molar refractivity (Wildman–Crippen MR) is 75.7 cm³/mol. The number of aryl methyl sites for hydroxylation is 2. The van der Waals surface area contributed by atoms with Crippen LogP contribution in [0.25, 0.3) is 0 Å². The van der Waals surface area contributed by atoms with E-state index >= 15 is 0 Å². The summed E-state index contributed by atoms with van der Waals surface area (Å²) in [5.74, 6) is 0.895. The second kappa shape index (κ2) is 6.58. The Morgan fingerprint density at radius 2 is 2.20 bits per heavy atom. The molecular weight excluding hydrogens is 258 g/mol. The first-order chi connectivity index (χ1) is 9.58. The summed E-state index contributed by atoms with van der Waals surface area (Å²) >= 11 is 0. The van der Waals surface area contributed by atoms with Crippen molar-refractivity contribution in [2.75, 3.05) is 6.54 Å². The van der Waals surface area contributed by atoms with Crippen LogP contribution in [0.5, 0.6) is 0 Å². The van der Waals surface area contributed by atoms with E-state index in [1.54, 1.807) is 4.57 Å². The number of nitrogens with one attached hydrogen (secondary N) is 2. The van der Waals surface area contributed by atoms with E-state index in [9.17, 15) is 9.59 Å². The number of aromatic nitrogens is 3. The van der Waals surface area contributed by atoms with E-state index in [2.05, 4.69) is 15.7 Å². The minimum absolute atomic E-state index is 0.0219. The van der Waals surface area contributed by atoms with E-state index in [1.807, 2.05) is 13.8 Å². The van der Waals surface area contributed by atoms with Crippen LogP contribution in [0, 0.1) is 0 Å². The van der Waals surface area contributed by atoms with Gasteiger partial charge in [-0.1, -0.05) is 0 Å². The Morgan fingerprint density at radius 3 is 2.90 bits per heavy atom. The first kappa shape index (κ1) is 14.6. The minimum Gasteiger partial charge on any atom is -0.338 e. The summed E-state index contributed by atoms with van der Waals surface area (Å²) in [4.78, 5) is 23.4. The topological polar surface area (TPSA) is 81.0 Å². The Kier molecular flexibility index (Phi) is 4.81. The van der Waals surface area contributed by atoms with Crippen LogP contribution in [-0.2, 0) is 19.5 Å². The molecule has 0 aromatic carbocycles. The average molecular weight is 281 g/mol. The first-order valence-corrected chi connectivity index (χ1v) is 7.29. The molecule has 0 atom stereocenters. The van der Waals surface area contributed by atoms with Crippen molar-refractivity contribution in [1.82, 2.24) is 25.0 Å². The van der Waals surface area contributed by atoms with Crippen LogP contribution in [-0.4, -0.2) is 33.0 Å². The van der Waals surface area contributed by atoms with Gasteiger partial charge in [-0.05, 0) is 33.1 Å². The number of fused-ring (bicyclic) bond motifs is 1. The zero-order chi connectivity index (χ0) is 14.5. The third-order valence-corrected chi connectivity index (χ3v) is 3.28. The van der Waals surface area contributed by atoms with Crippen LogP contribution in [0.3, 0.4) is 0 Å². The zero-order valence-electron chi connectivity index (χ0n) is 12.2. The van der Waals surface area contributed by atoms with Gasteiger partial charge in [-0.3, -0.25) is 4.57 Å². The lowest BCUT2D eigenvalue weighted by atomic mass is 10.2. The molecular formula is C13H23N5O2. The summed E-state index contributed by atoms with van der Waals surface area (Å²) in [5.41, 5.74) is -0.0219. The molecule has 20 heavy (non-hydrogen) atoms. The Hall–Kier alpha value is -1.79. The number of carbonyl (C=O) groups excluding carboxylic acids is 1. The molecule has 0 saturated heterocycles. The summed E-state index contributed by atoms with van der Waals surface area (Å²) in [7, 11) is 0. The van der Waals surface area contributed by atoms with Gasteiger partial charge in [0.05, 0.1) is 0 Å². The average Bonchev–Trinajstić information content (AvgIpc) is 2.71. The molecule has 2 N–H and O–H groups in total. The van der Waals surface area contributed by atoms with Gasteiger partial charge in [0.2, 0.25) is 0 Å². The third-order valence-electron chi connectivity index (χ3n) is 3.28. The minimum atomic E-state index is -0.170. The summed E-state index contributed by atoms with van der Waals surface area (Å²) in [6.07, 6.45) is 3.74. The van der Waals surface area contributed by atoms with Crippen LogP contribution in [0.15, 0.2) is 4.79 Å². The number of hydrogen-bond donors (Lipinski definition) is 2. The molecule has 1 aliphatic rings. The molecule has 1 aliphatic heterocycles. The smallest absolute Gasteiger partial charge is 0.338 e. The maximum atomic E-state index is 12.1. The van der Waals surface area contributed by atoms with Crippen LogP contribution in [0.4, 0.5) is 4.79 Å². The molecule has 0 bridgehead atoms. The van der Waals surface area contributed by atoms with Crippen LogP contribution < -0.4 is 16.3 Å². The number of urea groups is 1. The van der Waals surface area contributed by atoms with E-state index in [-0.39, 0.29) is 17.8 Å². The number of nitrogens with zero attached hydrogens (tertiary/aromatic N) is 3. The maximum Gasteiger partial charge on any atom is 0.345 e. The van der Waals surface area contributed by atoms with E-state index in [4.69, 9.17) is 0 Å². The van der Waals surface area contributed by atoms with Crippen molar-refractivity contribution in [3.05, 3.63) is 16.3 Å². The van der Waals surface area contributed by atoms with Crippen LogP contribution in [0.1, 0.15) is 38.9 Å². The van der Waals surface area contributed by atoms with Gasteiger partial charge in [0.15, 0.2) is 0 Å². The van der Waals surface area contributed by atoms with Crippen molar-refractivity contribution >= 4 is 6.03 Å². The Balaban J connectivity index is 1.79. The van der Waals surface area contributed by atoms with Gasteiger partial charge in [-0.25, -0.2) is 14.3 Å². The van der Waals surface area contributed by atoms with Gasteiger partial charge in [0.25, 0.3) is 0 Å². The number of amides is 2. The largest absolute Gasteiger partial charge is 0.345 e. The molecule has 0 saturated carbocycles. The van der Waals surface area contributed by atoms with E-state index in [0.29, 0.717) is 19.5 Å². The molecule has 1 aromatic heterocycles. The highest BCUT2D eigenvalue weighted by molar-refractivity contribution is 5.73. The summed E-state index contributed by atoms with van der Waals surface area (Å²) in [5, 5.41) is 9.87. The van der Waals surface area contributed by atoms with E-state index in [1.165, 1.54) is 4.68 Å². The zero-order valence-corrected chi connectivity index (χ0v) is 12.2. The number of carbonyl (C=O) groups is 1. The summed E-state index contributed by atoms with van der Waals surface area (Å²) in [6.45, 7) is 5.68. The first-order valence-electron chi connectivity index (χ1n) is 7.29. The van der Waals surface area contributed by atoms with E-state index < -0.39 is 0 Å². The fraction of sp³-hybridized carbons (Fsp3) is 0.769. The van der Waals surface area contributed by atoms with Gasteiger partial charge in [0, 0.05) is 32.1 Å². The summed E-state index contributed by atoms with van der Waals surface area (Å²) in [6, 6.07) is -0.0473. The molecule has 7 nitrogen and oxygen atoms in total. The predicted octanol–water partition coefficient (Wildman–Crippen LogP) is 0.479. The molecule has 112 valence electrons. The normalized spacial score (nSPS) is 14.2. The molecule has 2 amide bonds. The van der Waals surface area contributed by atoms with Crippen LogP contribution in [0.2, 0.25) is 0 Å². The van der Waals surface area contributed by atoms with E-state index in [0.717, 1.165) is 31.6 Å². The highest BCUT2D eigenvalue weighted by atomic mass is 16.2. The van der Waals surface area contributed by atoms with Crippen molar-refractivity contribution in [3.63, 3.8) is 0 Å². The Morgan fingerprint density at radius 1 is 1.40 bits per heavy atom. The van der Waals surface area contributed by atoms with Crippen LogP contribution >= 0.6 is 0 Å². The van der Waals surface area contributed by atoms with Gasteiger partial charge in [-0.2, -0.15) is 5.10 Å². The molecule has 0 unspecified atom stereocenters. The molecule has 0 radical (unpaired) electrons. The molecule has 7 heteroatoms. The monoisotopic (exact) mass is 281 g/mol. The van der Waals surface area contributed by atoms with Crippen molar-refractivity contribution in [2.24, 2.45) is 0 Å². The van der Waals surface area contributed by atoms with Crippen molar-refractivity contribution in [3.8, 4) is 0 Å². The van der Waals surface area contributed by atoms with Crippen molar-refractivity contribution in [2.45, 2.75) is 58.7 Å². The second-order valence-corrected chi connectivity index (χ2v) is 5.44. The van der Waals surface area contributed by atoms with Crippen molar-refractivity contribution < 1.29 is 4.79 Å². The van der Waals surface area contributed by atoms with Crippen molar-refractivity contribution in [1.29, 1.82) is 0 Å². The molecule has 2 rings (SSSR count). The molecule has 0 spiro atoms. The standard InChI is InChI=1S/C13H23N5O2/c1-10(2)15-12(19)14-7-5-9-18-13(20)17-8-4-3-6-11(17)16-18/h10H,3-9H2,1-2H3,(H2,14,15,19). The summed E-state index contributed by atoms with van der Waals surface area (Å²) < 4.78 is 3.28. The lowest BCUT2D eigenvalue weighted by Gasteiger charge is -2.09. The third kappa shape index (κ3) is 3.61. The van der Waals surface area contributed by atoms with Gasteiger partial charge < -0.3 is 10.6 Å². The molecule has 2 heterocycles. The lowest BCUT2D eigenvalue weighted by Crippen LogP contribution is -2.40. The highest BCUT2D eigenvalue weighted by Gasteiger charge is 2.16. The Bertz CT molecular complexity index is 517. The fourth-order valence-corrected chi connectivity index (χ4v) is 2.34. The maximum absolute atomic E-state index is 12.1. The highest BCUT2D eigenvalue weighted by Crippen LogP contribution is 2.09. The van der Waals surface area contributed by atoms with Gasteiger partial charge in [-0.15, -0.1) is 0 Å². The number of hydrogen-bond acceptors (Lipinski definition) is 3. The molecule has 1 aromatic rings. The van der Waals surface area contributed by atoms with Gasteiger partial charge in [0.1, 0.15) is 5.82 Å². The Labute approximate surface area is 118 Å². The SMILES string of the molecule is CC(C)NC(=O)NCCCn1nc2n(c1=O)CCCC2. The molecule has 0 aliphatic carbocycles. The number of rotatable bonds is 5.